The van der Waals surface area contributed by atoms with E-state index in [2.05, 4.69) is 29.0 Å². The van der Waals surface area contributed by atoms with Crippen molar-refractivity contribution in [1.29, 1.82) is 0 Å². The average Bonchev–Trinajstić information content (AvgIpc) is 2.63. The number of rotatable bonds is 4. The molecule has 2 nitrogen and oxygen atoms in total. The highest BCUT2D eigenvalue weighted by Gasteiger charge is 2.13. The number of nitrogens with zero attached hydrogens (tertiary/aromatic N) is 2. The van der Waals surface area contributed by atoms with Crippen molar-refractivity contribution in [2.24, 2.45) is 4.99 Å². The van der Waals surface area contributed by atoms with E-state index in [0.717, 1.165) is 34.2 Å². The summed E-state index contributed by atoms with van der Waals surface area (Å²) in [5, 5.41) is 0. The van der Waals surface area contributed by atoms with Crippen LogP contribution in [0.3, 0.4) is 0 Å². The van der Waals surface area contributed by atoms with Crippen LogP contribution in [0.4, 0.5) is 10.2 Å². The van der Waals surface area contributed by atoms with Crippen molar-refractivity contribution in [3.05, 3.63) is 82.3 Å². The van der Waals surface area contributed by atoms with Gasteiger partial charge < -0.3 is 0 Å². The van der Waals surface area contributed by atoms with Crippen LogP contribution in [0.5, 0.6) is 0 Å². The number of hydrogen-bond donors (Lipinski definition) is 0. The van der Waals surface area contributed by atoms with Crippen LogP contribution >= 0.6 is 0 Å². The lowest BCUT2D eigenvalue weighted by atomic mass is 9.91. The summed E-state index contributed by atoms with van der Waals surface area (Å²) in [4.78, 5) is 8.81. The van der Waals surface area contributed by atoms with E-state index in [1.54, 1.807) is 12.3 Å². The Morgan fingerprint density at radius 2 is 1.92 bits per heavy atom. The van der Waals surface area contributed by atoms with Crippen LogP contribution in [0, 0.1) is 6.92 Å². The average molecular weight is 346 g/mol. The fraction of sp³-hybridized carbons (Fsp3) is 0.217. The number of benzene rings is 1. The zero-order chi connectivity index (χ0) is 18.5. The van der Waals surface area contributed by atoms with E-state index in [1.807, 2.05) is 50.4 Å². The third-order valence-electron chi connectivity index (χ3n) is 4.48. The van der Waals surface area contributed by atoms with Gasteiger partial charge in [0.2, 0.25) is 0 Å². The van der Waals surface area contributed by atoms with Gasteiger partial charge in [0.1, 0.15) is 5.83 Å². The molecule has 2 aromatic rings. The maximum atomic E-state index is 13.8. The molecule has 1 heterocycles. The lowest BCUT2D eigenvalue weighted by molar-refractivity contribution is 0.584. The van der Waals surface area contributed by atoms with Crippen molar-refractivity contribution < 1.29 is 4.39 Å². The molecule has 0 atom stereocenters. The molecule has 1 aromatic heterocycles. The van der Waals surface area contributed by atoms with Gasteiger partial charge in [-0.1, -0.05) is 29.9 Å². The summed E-state index contributed by atoms with van der Waals surface area (Å²) in [5.41, 5.74) is 6.40. The Morgan fingerprint density at radius 3 is 2.69 bits per heavy atom. The molecular formula is C23H23FN2. The van der Waals surface area contributed by atoms with Crippen molar-refractivity contribution >= 4 is 23.7 Å². The number of pyridine rings is 1. The first-order valence-electron chi connectivity index (χ1n) is 8.86. The molecule has 1 aliphatic rings. The van der Waals surface area contributed by atoms with E-state index in [-0.39, 0.29) is 5.83 Å². The predicted molar refractivity (Wildman–Crippen MR) is 108 cm³/mol. The molecule has 0 saturated carbocycles. The van der Waals surface area contributed by atoms with E-state index in [0.29, 0.717) is 12.2 Å². The largest absolute Gasteiger partial charge is 0.237 e. The van der Waals surface area contributed by atoms with Crippen LogP contribution in [0.15, 0.2) is 65.1 Å². The molecule has 26 heavy (non-hydrogen) atoms. The van der Waals surface area contributed by atoms with Gasteiger partial charge in [-0.2, -0.15) is 0 Å². The minimum absolute atomic E-state index is 0.0534. The molecule has 3 rings (SSSR count). The molecule has 0 bridgehead atoms. The first-order chi connectivity index (χ1) is 12.6. The monoisotopic (exact) mass is 346 g/mol. The molecule has 0 fully saturated rings. The zero-order valence-electron chi connectivity index (χ0n) is 15.5. The Bertz CT molecular complexity index is 933. The minimum Gasteiger partial charge on any atom is -0.237 e. The zero-order valence-corrected chi connectivity index (χ0v) is 15.5. The van der Waals surface area contributed by atoms with Crippen LogP contribution in [-0.4, -0.2) is 11.2 Å². The second-order valence-corrected chi connectivity index (χ2v) is 6.58. The Kier molecular flexibility index (Phi) is 5.57. The molecule has 0 radical (unpaired) electrons. The fourth-order valence-electron chi connectivity index (χ4n) is 3.04. The molecule has 1 aromatic carbocycles. The Labute approximate surface area is 154 Å². The van der Waals surface area contributed by atoms with Crippen LogP contribution < -0.4 is 0 Å². The lowest BCUT2D eigenvalue weighted by Crippen LogP contribution is -1.97. The van der Waals surface area contributed by atoms with E-state index in [1.165, 1.54) is 5.57 Å². The Hall–Kier alpha value is -2.81. The number of aromatic nitrogens is 1. The molecular weight excluding hydrogens is 323 g/mol. The minimum atomic E-state index is -0.0534. The van der Waals surface area contributed by atoms with Gasteiger partial charge in [0.05, 0.1) is 0 Å². The lowest BCUT2D eigenvalue weighted by Gasteiger charge is -2.15. The van der Waals surface area contributed by atoms with Gasteiger partial charge in [-0.15, -0.1) is 0 Å². The number of allylic oxidation sites excluding steroid dienone is 5. The second-order valence-electron chi connectivity index (χ2n) is 6.58. The van der Waals surface area contributed by atoms with Crippen molar-refractivity contribution in [3.8, 4) is 0 Å². The molecule has 1 aliphatic carbocycles. The first kappa shape index (κ1) is 18.0. The van der Waals surface area contributed by atoms with Crippen molar-refractivity contribution in [2.75, 3.05) is 0 Å². The SMILES string of the molecule is C/C=C/c1ccc(C2=C(C)CCC(F)=C2)cc1C=Nc1cc(C)ccn1. The summed E-state index contributed by atoms with van der Waals surface area (Å²) >= 11 is 0. The van der Waals surface area contributed by atoms with Gasteiger partial charge in [0.15, 0.2) is 5.82 Å². The van der Waals surface area contributed by atoms with Gasteiger partial charge in [-0.3, -0.25) is 0 Å². The smallest absolute Gasteiger partial charge is 0.151 e. The standard InChI is InChI=1S/C23H23FN2/c1-4-5-18-7-8-19(22-14-21(24)9-6-17(22)3)13-20(18)15-26-23-12-16(2)10-11-25-23/h4-5,7-8,10-15H,6,9H2,1-3H3/b5-4+,26-15?. The molecule has 132 valence electrons. The van der Waals surface area contributed by atoms with Gasteiger partial charge >= 0.3 is 0 Å². The molecule has 0 amide bonds. The summed E-state index contributed by atoms with van der Waals surface area (Å²) in [6.07, 6.45) is 10.6. The Morgan fingerprint density at radius 1 is 1.08 bits per heavy atom. The van der Waals surface area contributed by atoms with Gasteiger partial charge in [-0.05, 0) is 73.7 Å². The van der Waals surface area contributed by atoms with Crippen LogP contribution in [0.2, 0.25) is 0 Å². The molecule has 0 aliphatic heterocycles. The third-order valence-corrected chi connectivity index (χ3v) is 4.48. The van der Waals surface area contributed by atoms with Crippen LogP contribution in [0.25, 0.3) is 11.6 Å². The highest BCUT2D eigenvalue weighted by atomic mass is 19.1. The van der Waals surface area contributed by atoms with Crippen molar-refractivity contribution in [1.82, 2.24) is 4.98 Å². The maximum absolute atomic E-state index is 13.8. The number of halogens is 1. The van der Waals surface area contributed by atoms with Crippen molar-refractivity contribution in [2.45, 2.75) is 33.6 Å². The molecule has 3 heteroatoms. The number of aryl methyl sites for hydroxylation is 1. The summed E-state index contributed by atoms with van der Waals surface area (Å²) in [6.45, 7) is 6.08. The van der Waals surface area contributed by atoms with E-state index < -0.39 is 0 Å². The topological polar surface area (TPSA) is 25.2 Å². The highest BCUT2D eigenvalue weighted by Crippen LogP contribution is 2.32. The number of aliphatic imine (C=N–C) groups is 1. The molecule has 0 N–H and O–H groups in total. The first-order valence-corrected chi connectivity index (χ1v) is 8.86. The van der Waals surface area contributed by atoms with Gasteiger partial charge in [0.25, 0.3) is 0 Å². The highest BCUT2D eigenvalue weighted by molar-refractivity contribution is 5.90. The molecule has 0 spiro atoms. The van der Waals surface area contributed by atoms with E-state index in [4.69, 9.17) is 0 Å². The molecule has 0 saturated heterocycles. The number of hydrogen-bond acceptors (Lipinski definition) is 2. The molecule has 0 unspecified atom stereocenters. The predicted octanol–water partition coefficient (Wildman–Crippen LogP) is 6.59. The van der Waals surface area contributed by atoms with Crippen molar-refractivity contribution in [3.63, 3.8) is 0 Å². The summed E-state index contributed by atoms with van der Waals surface area (Å²) < 4.78 is 13.8. The van der Waals surface area contributed by atoms with Crippen LogP contribution in [-0.2, 0) is 0 Å². The quantitative estimate of drug-likeness (QED) is 0.573. The van der Waals surface area contributed by atoms with Crippen LogP contribution in [0.1, 0.15) is 48.9 Å². The summed E-state index contributed by atoms with van der Waals surface area (Å²) in [5.74, 6) is 0.628. The van der Waals surface area contributed by atoms with Gasteiger partial charge in [0, 0.05) is 24.4 Å². The van der Waals surface area contributed by atoms with E-state index >= 15 is 0 Å². The van der Waals surface area contributed by atoms with E-state index in [9.17, 15) is 4.39 Å². The Balaban J connectivity index is 2.02. The fourth-order valence-corrected chi connectivity index (χ4v) is 3.04. The second kappa shape index (κ2) is 8.05. The summed E-state index contributed by atoms with van der Waals surface area (Å²) in [6, 6.07) is 10.1. The normalized spacial score (nSPS) is 15.2. The third kappa shape index (κ3) is 4.23. The summed E-state index contributed by atoms with van der Waals surface area (Å²) in [7, 11) is 0. The maximum Gasteiger partial charge on any atom is 0.151 e. The van der Waals surface area contributed by atoms with Gasteiger partial charge in [-0.25, -0.2) is 14.4 Å².